The summed E-state index contributed by atoms with van der Waals surface area (Å²) in [6.07, 6.45) is 1.68. The lowest BCUT2D eigenvalue weighted by molar-refractivity contribution is -0.114. The average molecular weight is 431 g/mol. The van der Waals surface area contributed by atoms with Gasteiger partial charge in [-0.15, -0.1) is 0 Å². The van der Waals surface area contributed by atoms with Crippen LogP contribution in [0, 0.1) is 11.6 Å². The molecule has 0 fully saturated rings. The van der Waals surface area contributed by atoms with E-state index < -0.39 is 11.6 Å². The zero-order valence-electron chi connectivity index (χ0n) is 17.2. The van der Waals surface area contributed by atoms with Crippen molar-refractivity contribution in [3.05, 3.63) is 78.1 Å². The minimum atomic E-state index is -0.680. The van der Waals surface area contributed by atoms with E-state index in [9.17, 15) is 13.6 Å². The fraction of sp³-hybridized carbons (Fsp3) is 0.125. The number of fused-ring (bicyclic) bond motifs is 1. The third kappa shape index (κ3) is 3.71. The number of nitrogens with one attached hydrogen (secondary N) is 2. The number of anilines is 1. The highest BCUT2D eigenvalue weighted by Gasteiger charge is 2.14. The van der Waals surface area contributed by atoms with Crippen LogP contribution in [0.1, 0.15) is 12.5 Å². The molecule has 0 radical (unpaired) electrons. The molecule has 8 heteroatoms. The molecule has 0 bridgehead atoms. The van der Waals surface area contributed by atoms with Crippen LogP contribution in [-0.2, 0) is 4.79 Å². The van der Waals surface area contributed by atoms with Gasteiger partial charge in [0.2, 0.25) is 5.91 Å². The Bertz CT molecular complexity index is 1390. The first-order valence-electron chi connectivity index (χ1n) is 10.1. The highest BCUT2D eigenvalue weighted by atomic mass is 19.1. The summed E-state index contributed by atoms with van der Waals surface area (Å²) >= 11 is 0. The highest BCUT2D eigenvalue weighted by Crippen LogP contribution is 2.30. The fourth-order valence-electron chi connectivity index (χ4n) is 3.86. The van der Waals surface area contributed by atoms with Gasteiger partial charge in [0, 0.05) is 42.0 Å². The van der Waals surface area contributed by atoms with Crippen molar-refractivity contribution in [3.8, 4) is 16.8 Å². The molecule has 1 aliphatic rings. The van der Waals surface area contributed by atoms with Gasteiger partial charge in [0.15, 0.2) is 0 Å². The monoisotopic (exact) mass is 431 g/mol. The minimum Gasteiger partial charge on any atom is -0.368 e. The third-order valence-electron chi connectivity index (χ3n) is 5.25. The van der Waals surface area contributed by atoms with E-state index in [0.29, 0.717) is 16.9 Å². The van der Waals surface area contributed by atoms with Crippen LogP contribution in [0.3, 0.4) is 0 Å². The molecule has 1 amide bonds. The molecule has 3 aromatic carbocycles. The molecule has 5 rings (SSSR count). The molecule has 0 saturated carbocycles. The van der Waals surface area contributed by atoms with Crippen molar-refractivity contribution >= 4 is 28.5 Å². The van der Waals surface area contributed by atoms with Crippen molar-refractivity contribution in [2.45, 2.75) is 6.92 Å². The lowest BCUT2D eigenvalue weighted by Crippen LogP contribution is -2.19. The summed E-state index contributed by atoms with van der Waals surface area (Å²) < 4.78 is 29.8. The maximum absolute atomic E-state index is 14.5. The first-order valence-corrected chi connectivity index (χ1v) is 10.1. The van der Waals surface area contributed by atoms with Gasteiger partial charge in [-0.2, -0.15) is 0 Å². The lowest BCUT2D eigenvalue weighted by atomic mass is 10.0. The van der Waals surface area contributed by atoms with Crippen LogP contribution in [0.15, 0.2) is 65.9 Å². The van der Waals surface area contributed by atoms with Crippen LogP contribution in [0.25, 0.3) is 27.8 Å². The Balaban J connectivity index is 1.63. The Labute approximate surface area is 182 Å². The number of nitrogens with zero attached hydrogens (tertiary/aromatic N) is 3. The molecule has 0 atom stereocenters. The Hall–Kier alpha value is -4.07. The van der Waals surface area contributed by atoms with Crippen LogP contribution in [0.5, 0.6) is 0 Å². The second kappa shape index (κ2) is 7.88. The quantitative estimate of drug-likeness (QED) is 0.507. The summed E-state index contributed by atoms with van der Waals surface area (Å²) in [4.78, 5) is 20.6. The molecule has 2 heterocycles. The maximum atomic E-state index is 14.5. The molecular weight excluding hydrogens is 412 g/mol. The Morgan fingerprint density at radius 3 is 2.69 bits per heavy atom. The van der Waals surface area contributed by atoms with Crippen LogP contribution in [0.2, 0.25) is 0 Å². The van der Waals surface area contributed by atoms with Crippen LogP contribution in [0.4, 0.5) is 14.5 Å². The Morgan fingerprint density at radius 2 is 1.94 bits per heavy atom. The van der Waals surface area contributed by atoms with Crippen molar-refractivity contribution in [1.82, 2.24) is 14.9 Å². The second-order valence-electron chi connectivity index (χ2n) is 7.55. The average Bonchev–Trinajstić information content (AvgIpc) is 3.42. The van der Waals surface area contributed by atoms with Crippen molar-refractivity contribution in [1.29, 1.82) is 0 Å². The standard InChI is InChI=1S/C24H19F2N5O/c1-14(32)30-18-8-16(20-4-3-17(25)11-21(20)26)9-19(12-18)31-13-29-22-10-15(2-5-23(22)31)24-27-6-7-28-24/h2-5,8-13H,6-7H2,1H3,(H,27,28)(H,30,32). The van der Waals surface area contributed by atoms with Crippen LogP contribution < -0.4 is 10.6 Å². The van der Waals surface area contributed by atoms with E-state index in [1.807, 2.05) is 22.8 Å². The Morgan fingerprint density at radius 1 is 1.06 bits per heavy atom. The smallest absolute Gasteiger partial charge is 0.221 e. The second-order valence-corrected chi connectivity index (χ2v) is 7.55. The summed E-state index contributed by atoms with van der Waals surface area (Å²) in [5, 5.41) is 6.00. The highest BCUT2D eigenvalue weighted by molar-refractivity contribution is 6.02. The molecule has 6 nitrogen and oxygen atoms in total. The van der Waals surface area contributed by atoms with E-state index >= 15 is 0 Å². The number of carbonyl (C=O) groups is 1. The number of amides is 1. The number of aliphatic imine (C=N–C) groups is 1. The molecule has 0 spiro atoms. The zero-order chi connectivity index (χ0) is 22.2. The van der Waals surface area contributed by atoms with Gasteiger partial charge >= 0.3 is 0 Å². The van der Waals surface area contributed by atoms with E-state index in [1.165, 1.54) is 19.1 Å². The molecule has 0 saturated heterocycles. The number of hydrogen-bond acceptors (Lipinski definition) is 4. The van der Waals surface area contributed by atoms with Crippen molar-refractivity contribution < 1.29 is 13.6 Å². The molecular formula is C24H19F2N5O. The minimum absolute atomic E-state index is 0.233. The van der Waals surface area contributed by atoms with Gasteiger partial charge in [0.05, 0.1) is 17.6 Å². The number of hydrogen-bond donors (Lipinski definition) is 2. The largest absolute Gasteiger partial charge is 0.368 e. The number of amidine groups is 1. The maximum Gasteiger partial charge on any atom is 0.221 e. The Kier molecular flexibility index (Phi) is 4.89. The summed E-state index contributed by atoms with van der Waals surface area (Å²) in [7, 11) is 0. The third-order valence-corrected chi connectivity index (χ3v) is 5.25. The summed E-state index contributed by atoms with van der Waals surface area (Å²) in [6, 6.07) is 14.5. The van der Waals surface area contributed by atoms with Gasteiger partial charge in [-0.25, -0.2) is 13.8 Å². The first kappa shape index (κ1) is 19.9. The number of aromatic nitrogens is 2. The van der Waals surface area contributed by atoms with Crippen molar-refractivity contribution in [2.24, 2.45) is 4.99 Å². The van der Waals surface area contributed by atoms with E-state index in [4.69, 9.17) is 0 Å². The van der Waals surface area contributed by atoms with E-state index in [2.05, 4.69) is 20.6 Å². The van der Waals surface area contributed by atoms with Gasteiger partial charge in [-0.05, 0) is 54.1 Å². The molecule has 4 aromatic rings. The molecule has 160 valence electrons. The molecule has 1 aliphatic heterocycles. The SMILES string of the molecule is CC(=O)Nc1cc(-c2ccc(F)cc2F)cc(-n2cnc3cc(C4=NCCN4)ccc32)c1. The van der Waals surface area contributed by atoms with Gasteiger partial charge in [-0.1, -0.05) is 0 Å². The predicted molar refractivity (Wildman–Crippen MR) is 120 cm³/mol. The summed E-state index contributed by atoms with van der Waals surface area (Å²) in [6.45, 7) is 2.97. The van der Waals surface area contributed by atoms with Gasteiger partial charge in [0.25, 0.3) is 0 Å². The molecule has 2 N–H and O–H groups in total. The van der Waals surface area contributed by atoms with E-state index in [1.54, 1.807) is 24.5 Å². The number of imidazole rings is 1. The predicted octanol–water partition coefficient (Wildman–Crippen LogP) is 4.28. The fourth-order valence-corrected chi connectivity index (χ4v) is 3.86. The number of rotatable bonds is 4. The van der Waals surface area contributed by atoms with Crippen molar-refractivity contribution in [3.63, 3.8) is 0 Å². The number of benzene rings is 3. The van der Waals surface area contributed by atoms with E-state index in [-0.39, 0.29) is 11.5 Å². The molecule has 0 aliphatic carbocycles. The first-order chi connectivity index (χ1) is 15.5. The van der Waals surface area contributed by atoms with Crippen LogP contribution in [-0.4, -0.2) is 34.4 Å². The van der Waals surface area contributed by atoms with Crippen LogP contribution >= 0.6 is 0 Å². The topological polar surface area (TPSA) is 71.3 Å². The van der Waals surface area contributed by atoms with E-state index in [0.717, 1.165) is 41.6 Å². The lowest BCUT2D eigenvalue weighted by Gasteiger charge is -2.13. The van der Waals surface area contributed by atoms with Gasteiger partial charge in [-0.3, -0.25) is 14.4 Å². The van der Waals surface area contributed by atoms with Crippen molar-refractivity contribution in [2.75, 3.05) is 18.4 Å². The van der Waals surface area contributed by atoms with Gasteiger partial charge < -0.3 is 10.6 Å². The molecule has 0 unspecified atom stereocenters. The number of carbonyl (C=O) groups excluding carboxylic acids is 1. The molecule has 32 heavy (non-hydrogen) atoms. The molecule has 1 aromatic heterocycles. The zero-order valence-corrected chi connectivity index (χ0v) is 17.2. The number of halogens is 2. The normalized spacial score (nSPS) is 13.2. The summed E-state index contributed by atoms with van der Waals surface area (Å²) in [5.41, 5.74) is 4.50. The summed E-state index contributed by atoms with van der Waals surface area (Å²) in [5.74, 6) is -0.732. The van der Waals surface area contributed by atoms with Gasteiger partial charge in [0.1, 0.15) is 23.8 Å².